The normalized spacial score (nSPS) is 27.4. The van der Waals surface area contributed by atoms with Crippen LogP contribution in [-0.4, -0.2) is 22.9 Å². The summed E-state index contributed by atoms with van der Waals surface area (Å²) in [4.78, 5) is 17.6. The van der Waals surface area contributed by atoms with E-state index in [0.29, 0.717) is 11.9 Å². The number of hydrogen-bond donors (Lipinski definition) is 1. The first-order valence-electron chi connectivity index (χ1n) is 8.28. The molecule has 1 aromatic heterocycles. The second-order valence-corrected chi connectivity index (χ2v) is 7.78. The van der Waals surface area contributed by atoms with Crippen LogP contribution in [0.2, 0.25) is 0 Å². The number of rotatable bonds is 6. The van der Waals surface area contributed by atoms with Crippen molar-refractivity contribution in [3.63, 3.8) is 0 Å². The number of carbonyl (C=O) groups is 1. The lowest BCUT2D eigenvalue weighted by molar-refractivity contribution is -0.132. The Morgan fingerprint density at radius 1 is 1.38 bits per heavy atom. The molecule has 1 saturated carbocycles. The maximum absolute atomic E-state index is 12.8. The molecular weight excluding hydrogens is 280 g/mol. The number of carbonyl (C=O) groups excluding carboxylic acids is 1. The van der Waals surface area contributed by atoms with E-state index >= 15 is 0 Å². The van der Waals surface area contributed by atoms with Gasteiger partial charge in [0.1, 0.15) is 6.17 Å². The molecular formula is C17H26N2OS. The number of aryl methyl sites for hydroxylation is 1. The van der Waals surface area contributed by atoms with Gasteiger partial charge < -0.3 is 4.90 Å². The molecule has 116 valence electrons. The zero-order valence-corrected chi connectivity index (χ0v) is 14.1. The molecule has 2 heterocycles. The van der Waals surface area contributed by atoms with Crippen molar-refractivity contribution < 1.29 is 4.79 Å². The average Bonchev–Trinajstić information content (AvgIpc) is 3.10. The van der Waals surface area contributed by atoms with Crippen molar-refractivity contribution in [2.75, 3.05) is 0 Å². The Balaban J connectivity index is 1.85. The zero-order chi connectivity index (χ0) is 15.0. The summed E-state index contributed by atoms with van der Waals surface area (Å²) in [6, 6.07) is 4.72. The van der Waals surface area contributed by atoms with E-state index in [1.165, 1.54) is 29.0 Å². The first kappa shape index (κ1) is 15.0. The van der Waals surface area contributed by atoms with E-state index in [4.69, 9.17) is 0 Å². The monoisotopic (exact) mass is 306 g/mol. The molecule has 0 aromatic carbocycles. The predicted octanol–water partition coefficient (Wildman–Crippen LogP) is 3.84. The van der Waals surface area contributed by atoms with Gasteiger partial charge in [-0.15, -0.1) is 11.3 Å². The Morgan fingerprint density at radius 2 is 2.14 bits per heavy atom. The maximum atomic E-state index is 12.8. The van der Waals surface area contributed by atoms with Crippen LogP contribution in [0.3, 0.4) is 0 Å². The standard InChI is InChI=1S/C17H26N2OS/c1-4-13(10-12-7-8-12)19-16(15-9-6-11(3)21-15)18-14(5-2)17(19)20/h6,9,12-14,16,18H,4-5,7-8,10H2,1-3H3. The minimum absolute atomic E-state index is 0.00865. The molecule has 3 rings (SSSR count). The fraction of sp³-hybridized carbons (Fsp3) is 0.706. The van der Waals surface area contributed by atoms with Gasteiger partial charge in [0.05, 0.1) is 6.04 Å². The molecule has 3 unspecified atom stereocenters. The van der Waals surface area contributed by atoms with E-state index in [1.807, 2.05) is 11.3 Å². The first-order chi connectivity index (χ1) is 10.1. The van der Waals surface area contributed by atoms with Crippen LogP contribution in [0, 0.1) is 12.8 Å². The second kappa shape index (κ2) is 6.09. The highest BCUT2D eigenvalue weighted by atomic mass is 32.1. The highest BCUT2D eigenvalue weighted by Gasteiger charge is 2.43. The molecule has 3 atom stereocenters. The van der Waals surface area contributed by atoms with Crippen LogP contribution in [0.15, 0.2) is 12.1 Å². The van der Waals surface area contributed by atoms with E-state index in [1.54, 1.807) is 0 Å². The Morgan fingerprint density at radius 3 is 2.67 bits per heavy atom. The van der Waals surface area contributed by atoms with Gasteiger partial charge in [-0.2, -0.15) is 0 Å². The fourth-order valence-electron chi connectivity index (χ4n) is 3.37. The third kappa shape index (κ3) is 3.02. The minimum Gasteiger partial charge on any atom is -0.318 e. The van der Waals surface area contributed by atoms with Crippen LogP contribution >= 0.6 is 11.3 Å². The van der Waals surface area contributed by atoms with Gasteiger partial charge in [-0.05, 0) is 44.2 Å². The molecule has 1 amide bonds. The molecule has 1 aliphatic carbocycles. The van der Waals surface area contributed by atoms with Crippen molar-refractivity contribution in [2.45, 2.75) is 71.1 Å². The first-order valence-corrected chi connectivity index (χ1v) is 9.10. The fourth-order valence-corrected chi connectivity index (χ4v) is 4.30. The third-order valence-electron chi connectivity index (χ3n) is 4.80. The van der Waals surface area contributed by atoms with E-state index in [0.717, 1.165) is 18.8 Å². The summed E-state index contributed by atoms with van der Waals surface area (Å²) in [5.41, 5.74) is 0. The van der Waals surface area contributed by atoms with Gasteiger partial charge in [0.2, 0.25) is 5.91 Å². The Hall–Kier alpha value is -0.870. The number of nitrogens with one attached hydrogen (secondary N) is 1. The molecule has 1 aliphatic heterocycles. The van der Waals surface area contributed by atoms with Crippen LogP contribution in [-0.2, 0) is 4.79 Å². The smallest absolute Gasteiger partial charge is 0.241 e. The summed E-state index contributed by atoms with van der Waals surface area (Å²) in [5.74, 6) is 1.16. The van der Waals surface area contributed by atoms with Crippen molar-refractivity contribution in [3.05, 3.63) is 21.9 Å². The molecule has 2 fully saturated rings. The molecule has 3 nitrogen and oxygen atoms in total. The largest absolute Gasteiger partial charge is 0.318 e. The van der Waals surface area contributed by atoms with Crippen LogP contribution in [0.25, 0.3) is 0 Å². The molecule has 1 saturated heterocycles. The summed E-state index contributed by atoms with van der Waals surface area (Å²) in [6.45, 7) is 6.45. The van der Waals surface area contributed by atoms with Gasteiger partial charge in [-0.1, -0.05) is 26.7 Å². The minimum atomic E-state index is -0.00865. The van der Waals surface area contributed by atoms with Crippen molar-refractivity contribution in [3.8, 4) is 0 Å². The quantitative estimate of drug-likeness (QED) is 0.866. The zero-order valence-electron chi connectivity index (χ0n) is 13.3. The Bertz CT molecular complexity index is 509. The highest BCUT2D eigenvalue weighted by Crippen LogP contribution is 2.39. The lowest BCUT2D eigenvalue weighted by Crippen LogP contribution is -2.40. The number of amides is 1. The third-order valence-corrected chi connectivity index (χ3v) is 5.85. The Labute approximate surface area is 131 Å². The molecule has 0 bridgehead atoms. The van der Waals surface area contributed by atoms with Gasteiger partial charge in [-0.25, -0.2) is 0 Å². The van der Waals surface area contributed by atoms with Crippen LogP contribution < -0.4 is 5.32 Å². The summed E-state index contributed by atoms with van der Waals surface area (Å²) in [6.07, 6.45) is 5.90. The second-order valence-electron chi connectivity index (χ2n) is 6.47. The molecule has 0 spiro atoms. The van der Waals surface area contributed by atoms with Crippen molar-refractivity contribution in [2.24, 2.45) is 5.92 Å². The van der Waals surface area contributed by atoms with Crippen molar-refractivity contribution in [1.82, 2.24) is 10.2 Å². The van der Waals surface area contributed by atoms with Crippen molar-refractivity contribution >= 4 is 17.2 Å². The van der Waals surface area contributed by atoms with Gasteiger partial charge in [0.25, 0.3) is 0 Å². The SMILES string of the molecule is CCC1NC(c2ccc(C)s2)N(C(CC)CC2CC2)C1=O. The van der Waals surface area contributed by atoms with Gasteiger partial charge >= 0.3 is 0 Å². The molecule has 0 radical (unpaired) electrons. The highest BCUT2D eigenvalue weighted by molar-refractivity contribution is 7.12. The maximum Gasteiger partial charge on any atom is 0.241 e. The lowest BCUT2D eigenvalue weighted by atomic mass is 10.0. The van der Waals surface area contributed by atoms with Gasteiger partial charge in [0.15, 0.2) is 0 Å². The molecule has 21 heavy (non-hydrogen) atoms. The summed E-state index contributed by atoms with van der Waals surface area (Å²) >= 11 is 1.81. The lowest BCUT2D eigenvalue weighted by Gasteiger charge is -2.32. The predicted molar refractivity (Wildman–Crippen MR) is 87.3 cm³/mol. The molecule has 2 aliphatic rings. The molecule has 1 N–H and O–H groups in total. The number of hydrogen-bond acceptors (Lipinski definition) is 3. The van der Waals surface area contributed by atoms with E-state index in [9.17, 15) is 4.79 Å². The van der Waals surface area contributed by atoms with Crippen molar-refractivity contribution in [1.29, 1.82) is 0 Å². The van der Waals surface area contributed by atoms with E-state index < -0.39 is 0 Å². The van der Waals surface area contributed by atoms with E-state index in [-0.39, 0.29) is 12.2 Å². The summed E-state index contributed by atoms with van der Waals surface area (Å²) < 4.78 is 0. The van der Waals surface area contributed by atoms with E-state index in [2.05, 4.69) is 43.1 Å². The van der Waals surface area contributed by atoms with Crippen LogP contribution in [0.4, 0.5) is 0 Å². The summed E-state index contributed by atoms with van der Waals surface area (Å²) in [5, 5.41) is 3.57. The molecule has 1 aromatic rings. The van der Waals surface area contributed by atoms with Gasteiger partial charge in [0, 0.05) is 15.8 Å². The number of nitrogens with zero attached hydrogens (tertiary/aromatic N) is 1. The Kier molecular flexibility index (Phi) is 4.36. The van der Waals surface area contributed by atoms with Gasteiger partial charge in [-0.3, -0.25) is 10.1 Å². The van der Waals surface area contributed by atoms with Crippen LogP contribution in [0.5, 0.6) is 0 Å². The average molecular weight is 306 g/mol. The van der Waals surface area contributed by atoms with Crippen LogP contribution in [0.1, 0.15) is 61.9 Å². The molecule has 4 heteroatoms. The summed E-state index contributed by atoms with van der Waals surface area (Å²) in [7, 11) is 0. The topological polar surface area (TPSA) is 32.3 Å². The number of thiophene rings is 1.